The number of hydrogen-bond donors (Lipinski definition) is 2. The molecule has 6 heteroatoms. The molecule has 0 bridgehead atoms. The van der Waals surface area contributed by atoms with Crippen LogP contribution in [0.25, 0.3) is 0 Å². The van der Waals surface area contributed by atoms with Crippen LogP contribution in [-0.2, 0) is 4.79 Å². The van der Waals surface area contributed by atoms with E-state index >= 15 is 0 Å². The highest BCUT2D eigenvalue weighted by molar-refractivity contribution is 6.42. The zero-order valence-corrected chi connectivity index (χ0v) is 11.4. The maximum Gasteiger partial charge on any atom is 0.224 e. The van der Waals surface area contributed by atoms with Crippen LogP contribution >= 0.6 is 34.8 Å². The molecule has 0 saturated heterocycles. The topological polar surface area (TPSA) is 49.3 Å². The summed E-state index contributed by atoms with van der Waals surface area (Å²) in [4.78, 5) is 11.5. The molecule has 17 heavy (non-hydrogen) atoms. The van der Waals surface area contributed by atoms with Crippen molar-refractivity contribution in [3.05, 3.63) is 27.2 Å². The normalized spacial score (nSPS) is 12.3. The van der Waals surface area contributed by atoms with Gasteiger partial charge in [-0.25, -0.2) is 0 Å². The van der Waals surface area contributed by atoms with Crippen LogP contribution in [0.1, 0.15) is 19.8 Å². The lowest BCUT2D eigenvalue weighted by Gasteiger charge is -2.10. The van der Waals surface area contributed by atoms with Crippen molar-refractivity contribution in [3.63, 3.8) is 0 Å². The van der Waals surface area contributed by atoms with Gasteiger partial charge in [-0.15, -0.1) is 0 Å². The average molecular weight is 297 g/mol. The minimum absolute atomic E-state index is 0.201. The predicted octanol–water partition coefficient (Wildman–Crippen LogP) is 3.75. The summed E-state index contributed by atoms with van der Waals surface area (Å²) in [6, 6.07) is 3.00. The molecule has 0 radical (unpaired) electrons. The summed E-state index contributed by atoms with van der Waals surface area (Å²) in [5.74, 6) is -0.253. The molecule has 1 rings (SSSR count). The van der Waals surface area contributed by atoms with Gasteiger partial charge in [0, 0.05) is 11.4 Å². The summed E-state index contributed by atoms with van der Waals surface area (Å²) in [5, 5.41) is 12.6. The highest BCUT2D eigenvalue weighted by Gasteiger charge is 2.11. The molecule has 0 aliphatic rings. The highest BCUT2D eigenvalue weighted by Crippen LogP contribution is 2.33. The Labute approximate surface area is 115 Å². The number of carbonyl (C=O) groups is 1. The van der Waals surface area contributed by atoms with Crippen LogP contribution in [0.2, 0.25) is 15.1 Å². The van der Waals surface area contributed by atoms with E-state index in [-0.39, 0.29) is 22.4 Å². The van der Waals surface area contributed by atoms with Gasteiger partial charge in [0.05, 0.1) is 21.8 Å². The van der Waals surface area contributed by atoms with Crippen LogP contribution in [0.5, 0.6) is 0 Å². The van der Waals surface area contributed by atoms with Crippen molar-refractivity contribution in [2.24, 2.45) is 0 Å². The Kier molecular flexibility index (Phi) is 5.53. The fourth-order valence-corrected chi connectivity index (χ4v) is 2.11. The number of anilines is 1. The minimum Gasteiger partial charge on any atom is -0.393 e. The molecule has 0 aromatic heterocycles. The molecule has 1 atom stereocenters. The smallest absolute Gasteiger partial charge is 0.224 e. The Balaban J connectivity index is 2.72. The zero-order valence-electron chi connectivity index (χ0n) is 9.14. The number of aliphatic hydroxyl groups excluding tert-OH is 1. The second kappa shape index (κ2) is 6.45. The Morgan fingerprint density at radius 3 is 2.35 bits per heavy atom. The predicted molar refractivity (Wildman–Crippen MR) is 71.0 cm³/mol. The largest absolute Gasteiger partial charge is 0.393 e. The number of aliphatic hydroxyl groups is 1. The third-order valence-corrected chi connectivity index (χ3v) is 2.87. The molecule has 0 aliphatic heterocycles. The average Bonchev–Trinajstić information content (AvgIpc) is 2.20. The first-order valence-electron chi connectivity index (χ1n) is 5.02. The van der Waals surface area contributed by atoms with Crippen molar-refractivity contribution < 1.29 is 9.90 Å². The Morgan fingerprint density at radius 2 is 1.88 bits per heavy atom. The number of amides is 1. The molecule has 0 fully saturated rings. The first kappa shape index (κ1) is 14.6. The zero-order chi connectivity index (χ0) is 13.0. The molecule has 3 nitrogen and oxygen atoms in total. The first-order valence-corrected chi connectivity index (χ1v) is 6.16. The third kappa shape index (κ3) is 4.72. The van der Waals surface area contributed by atoms with Gasteiger partial charge in [-0.1, -0.05) is 34.8 Å². The van der Waals surface area contributed by atoms with Crippen molar-refractivity contribution in [3.8, 4) is 0 Å². The molecule has 1 aromatic rings. The molecule has 0 saturated carbocycles. The monoisotopic (exact) mass is 295 g/mol. The maximum atomic E-state index is 11.5. The number of benzene rings is 1. The van der Waals surface area contributed by atoms with Crippen LogP contribution < -0.4 is 5.32 Å². The van der Waals surface area contributed by atoms with Gasteiger partial charge in [-0.2, -0.15) is 0 Å². The van der Waals surface area contributed by atoms with Crippen LogP contribution in [-0.4, -0.2) is 17.1 Å². The van der Waals surface area contributed by atoms with Gasteiger partial charge in [0.2, 0.25) is 5.91 Å². The lowest BCUT2D eigenvalue weighted by atomic mass is 10.2. The molecular formula is C11H12Cl3NO2. The Morgan fingerprint density at radius 1 is 1.35 bits per heavy atom. The lowest BCUT2D eigenvalue weighted by Crippen LogP contribution is -2.14. The number of nitrogens with one attached hydrogen (secondary N) is 1. The summed E-state index contributed by atoms with van der Waals surface area (Å²) < 4.78 is 0. The van der Waals surface area contributed by atoms with Gasteiger partial charge in [-0.05, 0) is 25.5 Å². The van der Waals surface area contributed by atoms with E-state index in [9.17, 15) is 4.79 Å². The van der Waals surface area contributed by atoms with Crippen LogP contribution in [0.3, 0.4) is 0 Å². The number of halogens is 3. The van der Waals surface area contributed by atoms with Crippen molar-refractivity contribution in [2.45, 2.75) is 25.9 Å². The van der Waals surface area contributed by atoms with Crippen molar-refractivity contribution >= 4 is 46.4 Å². The Bertz CT molecular complexity index is 398. The number of rotatable bonds is 4. The molecule has 94 valence electrons. The highest BCUT2D eigenvalue weighted by atomic mass is 35.5. The van der Waals surface area contributed by atoms with E-state index in [0.717, 1.165) is 0 Å². The molecule has 1 unspecified atom stereocenters. The fourth-order valence-electron chi connectivity index (χ4n) is 1.20. The lowest BCUT2D eigenvalue weighted by molar-refractivity contribution is -0.116. The van der Waals surface area contributed by atoms with Crippen LogP contribution in [0.15, 0.2) is 12.1 Å². The quantitative estimate of drug-likeness (QED) is 0.889. The summed E-state index contributed by atoms with van der Waals surface area (Å²) in [7, 11) is 0. The number of hydrogen-bond acceptors (Lipinski definition) is 2. The molecule has 0 aliphatic carbocycles. The molecule has 1 amide bonds. The van der Waals surface area contributed by atoms with E-state index in [1.54, 1.807) is 6.92 Å². The fraction of sp³-hybridized carbons (Fsp3) is 0.364. The third-order valence-electron chi connectivity index (χ3n) is 2.06. The van der Waals surface area contributed by atoms with E-state index in [4.69, 9.17) is 39.9 Å². The first-order chi connectivity index (χ1) is 7.90. The summed E-state index contributed by atoms with van der Waals surface area (Å²) in [6.45, 7) is 1.62. The van der Waals surface area contributed by atoms with Crippen molar-refractivity contribution in [1.29, 1.82) is 0 Å². The summed E-state index contributed by atoms with van der Waals surface area (Å²) in [6.07, 6.45) is 0.0682. The molecule has 0 spiro atoms. The van der Waals surface area contributed by atoms with Crippen molar-refractivity contribution in [1.82, 2.24) is 0 Å². The maximum absolute atomic E-state index is 11.5. The van der Waals surface area contributed by atoms with Gasteiger partial charge in [0.15, 0.2) is 0 Å². The van der Waals surface area contributed by atoms with Crippen molar-refractivity contribution in [2.75, 3.05) is 5.32 Å². The van der Waals surface area contributed by atoms with E-state index in [2.05, 4.69) is 5.32 Å². The van der Waals surface area contributed by atoms with Gasteiger partial charge in [0.1, 0.15) is 0 Å². The van der Waals surface area contributed by atoms with E-state index in [0.29, 0.717) is 17.1 Å². The Hall–Kier alpha value is -0.480. The standard InChI is InChI=1S/C11H12Cl3NO2/c1-6(16)2-3-10(17)15-11-8(13)4-7(12)5-9(11)14/h4-6,16H,2-3H2,1H3,(H,15,17). The van der Waals surface area contributed by atoms with Gasteiger partial charge >= 0.3 is 0 Å². The second-order valence-corrected chi connectivity index (χ2v) is 4.93. The van der Waals surface area contributed by atoms with Gasteiger partial charge < -0.3 is 10.4 Å². The second-order valence-electron chi connectivity index (χ2n) is 3.68. The minimum atomic E-state index is -0.517. The van der Waals surface area contributed by atoms with E-state index in [1.807, 2.05) is 0 Å². The molecule has 0 heterocycles. The SMILES string of the molecule is CC(O)CCC(=O)Nc1c(Cl)cc(Cl)cc1Cl. The van der Waals surface area contributed by atoms with Crippen LogP contribution in [0.4, 0.5) is 5.69 Å². The molecule has 2 N–H and O–H groups in total. The van der Waals surface area contributed by atoms with E-state index in [1.165, 1.54) is 12.1 Å². The molecular weight excluding hydrogens is 284 g/mol. The summed E-state index contributed by atoms with van der Waals surface area (Å²) >= 11 is 17.6. The van der Waals surface area contributed by atoms with Gasteiger partial charge in [0.25, 0.3) is 0 Å². The van der Waals surface area contributed by atoms with Crippen LogP contribution in [0, 0.1) is 0 Å². The molecule has 1 aromatic carbocycles. The van der Waals surface area contributed by atoms with E-state index < -0.39 is 6.10 Å². The van der Waals surface area contributed by atoms with Gasteiger partial charge in [-0.3, -0.25) is 4.79 Å². The number of carbonyl (C=O) groups excluding carboxylic acids is 1. The summed E-state index contributed by atoms with van der Waals surface area (Å²) in [5.41, 5.74) is 0.341.